The van der Waals surface area contributed by atoms with Crippen molar-refractivity contribution in [3.63, 3.8) is 0 Å². The zero-order valence-electron chi connectivity index (χ0n) is 39.6. The molecule has 16 nitrogen and oxygen atoms in total. The standard InChI is InChI=1S/C52H60N2O14S/c1-30(56)62-29-45-50(64-32(3)58)51(65-33(4)59)49(63-31(2)57)43(66-45)24-46(69)53-25-34-12-18-38(19-13-34)52-67-44(27-54-21-20-39-22-41(60-5)42(61-6)23-40(39)26-54)47(36-10-8-7-9-11-36)48(68-52)37-16-14-35(28-55)15-17-37/h7-19,22-23,43-45,47-52,55H,20-21,24-29H2,1-6H3,(H,53,69). The normalized spacial score (nSPS) is 24.5. The van der Waals surface area contributed by atoms with Crippen LogP contribution in [0.1, 0.15) is 91.4 Å². The number of methoxy groups -OCH3 is 2. The van der Waals surface area contributed by atoms with Crippen molar-refractivity contribution in [3.8, 4) is 11.5 Å². The molecule has 368 valence electrons. The van der Waals surface area contributed by atoms with Gasteiger partial charge in [0.25, 0.3) is 0 Å². The predicted octanol–water partition coefficient (Wildman–Crippen LogP) is 6.13. The Balaban J connectivity index is 1.10. The molecule has 2 saturated heterocycles. The first kappa shape index (κ1) is 50.9. The zero-order chi connectivity index (χ0) is 49.2. The maximum atomic E-state index is 12.4. The number of fused-ring (bicyclic) bond motifs is 1. The average Bonchev–Trinajstić information content (AvgIpc) is 3.33. The second-order valence-corrected chi connectivity index (χ2v) is 17.8. The number of hydrogen-bond donors (Lipinski definition) is 2. The molecule has 69 heavy (non-hydrogen) atoms. The Morgan fingerprint density at radius 2 is 1.28 bits per heavy atom. The van der Waals surface area contributed by atoms with Crippen LogP contribution in [0.5, 0.6) is 11.5 Å². The molecule has 3 aliphatic rings. The molecule has 9 unspecified atom stereocenters. The SMILES string of the molecule is COc1cc2c(cc1OC)CN(CC1OC(c3ccc(CNC(=S)CC4OC(COC(C)=O)C(OC(C)=O)C(OC(C)=O)C4OC(C)=O)cc3)OC(c3ccc(CO)cc3)C1c1ccccc1)CC2. The lowest BCUT2D eigenvalue weighted by Gasteiger charge is -2.45. The van der Waals surface area contributed by atoms with Gasteiger partial charge in [-0.1, -0.05) is 91.1 Å². The largest absolute Gasteiger partial charge is 0.493 e. The van der Waals surface area contributed by atoms with Crippen molar-refractivity contribution in [2.75, 3.05) is 33.9 Å². The number of thiocarbonyl (C=S) groups is 1. The van der Waals surface area contributed by atoms with E-state index in [1.807, 2.05) is 66.7 Å². The minimum atomic E-state index is -1.29. The van der Waals surface area contributed by atoms with Gasteiger partial charge in [-0.05, 0) is 51.9 Å². The molecule has 9 atom stereocenters. The third-order valence-corrected chi connectivity index (χ3v) is 12.7. The molecule has 2 fully saturated rings. The molecule has 0 radical (unpaired) electrons. The Hall–Kier alpha value is -5.95. The molecular weight excluding hydrogens is 909 g/mol. The topological polar surface area (TPSA) is 187 Å². The van der Waals surface area contributed by atoms with E-state index in [1.165, 1.54) is 38.8 Å². The van der Waals surface area contributed by atoms with Crippen molar-refractivity contribution in [1.29, 1.82) is 0 Å². The van der Waals surface area contributed by atoms with Crippen molar-refractivity contribution >= 4 is 41.1 Å². The van der Waals surface area contributed by atoms with Gasteiger partial charge >= 0.3 is 23.9 Å². The fraction of sp³-hybridized carbons (Fsp3) is 0.442. The molecule has 7 rings (SSSR count). The van der Waals surface area contributed by atoms with Gasteiger partial charge in [0.1, 0.15) is 18.8 Å². The summed E-state index contributed by atoms with van der Waals surface area (Å²) in [4.78, 5) is 51.4. The maximum Gasteiger partial charge on any atom is 0.303 e. The molecule has 3 aliphatic heterocycles. The van der Waals surface area contributed by atoms with Crippen LogP contribution in [-0.4, -0.2) is 109 Å². The molecule has 0 aliphatic carbocycles. The number of carbonyl (C=O) groups is 4. The number of carbonyl (C=O) groups excluding carboxylic acids is 4. The van der Waals surface area contributed by atoms with Crippen molar-refractivity contribution in [1.82, 2.24) is 10.2 Å². The second kappa shape index (κ2) is 23.6. The monoisotopic (exact) mass is 968 g/mol. The van der Waals surface area contributed by atoms with Crippen LogP contribution in [0.15, 0.2) is 91.0 Å². The third kappa shape index (κ3) is 13.0. The van der Waals surface area contributed by atoms with Crippen LogP contribution in [-0.2, 0) is 78.5 Å². The Kier molecular flexibility index (Phi) is 17.4. The Bertz CT molecular complexity index is 2420. The minimum Gasteiger partial charge on any atom is -0.493 e. The molecule has 0 saturated carbocycles. The molecule has 2 N–H and O–H groups in total. The lowest BCUT2D eigenvalue weighted by atomic mass is 9.82. The third-order valence-electron chi connectivity index (χ3n) is 12.4. The van der Waals surface area contributed by atoms with E-state index in [0.717, 1.165) is 40.8 Å². The number of rotatable bonds is 17. The summed E-state index contributed by atoms with van der Waals surface area (Å²) in [6.07, 6.45) is -6.43. The minimum absolute atomic E-state index is 0.00518. The van der Waals surface area contributed by atoms with Crippen LogP contribution in [0.3, 0.4) is 0 Å². The summed E-state index contributed by atoms with van der Waals surface area (Å²) in [6.45, 7) is 6.80. The lowest BCUT2D eigenvalue weighted by molar-refractivity contribution is -0.264. The van der Waals surface area contributed by atoms with Gasteiger partial charge in [-0.2, -0.15) is 0 Å². The van der Waals surface area contributed by atoms with E-state index in [1.54, 1.807) is 14.2 Å². The van der Waals surface area contributed by atoms with E-state index in [9.17, 15) is 24.3 Å². The van der Waals surface area contributed by atoms with E-state index in [4.69, 9.17) is 54.8 Å². The van der Waals surface area contributed by atoms with Gasteiger partial charge < -0.3 is 53.1 Å². The number of nitrogens with zero attached hydrogens (tertiary/aromatic N) is 1. The molecule has 0 amide bonds. The number of aliphatic hydroxyl groups excluding tert-OH is 1. The summed E-state index contributed by atoms with van der Waals surface area (Å²) in [5.74, 6) is -1.50. The smallest absolute Gasteiger partial charge is 0.303 e. The van der Waals surface area contributed by atoms with Crippen LogP contribution in [0.25, 0.3) is 0 Å². The highest BCUT2D eigenvalue weighted by atomic mass is 32.1. The van der Waals surface area contributed by atoms with Crippen LogP contribution in [0.4, 0.5) is 0 Å². The quantitative estimate of drug-likeness (QED) is 0.0699. The molecule has 3 heterocycles. The first-order valence-corrected chi connectivity index (χ1v) is 23.3. The highest BCUT2D eigenvalue weighted by molar-refractivity contribution is 7.80. The molecule has 17 heteroatoms. The number of nitrogens with one attached hydrogen (secondary N) is 1. The Morgan fingerprint density at radius 1 is 0.681 bits per heavy atom. The zero-order valence-corrected chi connectivity index (χ0v) is 40.4. The highest BCUT2D eigenvalue weighted by Gasteiger charge is 2.52. The number of hydrogen-bond acceptors (Lipinski definition) is 16. The average molecular weight is 969 g/mol. The summed E-state index contributed by atoms with van der Waals surface area (Å²) in [6, 6.07) is 30.1. The van der Waals surface area contributed by atoms with Gasteiger partial charge in [0.2, 0.25) is 0 Å². The first-order valence-electron chi connectivity index (χ1n) is 22.9. The van der Waals surface area contributed by atoms with Crippen LogP contribution < -0.4 is 14.8 Å². The fourth-order valence-corrected chi connectivity index (χ4v) is 9.48. The summed E-state index contributed by atoms with van der Waals surface area (Å²) in [5, 5.41) is 13.1. The Labute approximate surface area is 407 Å². The first-order chi connectivity index (χ1) is 33.2. The molecule has 0 spiro atoms. The molecule has 0 bridgehead atoms. The van der Waals surface area contributed by atoms with Crippen LogP contribution >= 0.6 is 12.2 Å². The van der Waals surface area contributed by atoms with Gasteiger partial charge in [-0.25, -0.2) is 0 Å². The molecule has 4 aromatic carbocycles. The van der Waals surface area contributed by atoms with E-state index >= 15 is 0 Å². The van der Waals surface area contributed by atoms with Crippen LogP contribution in [0, 0.1) is 0 Å². The number of esters is 4. The predicted molar refractivity (Wildman–Crippen MR) is 254 cm³/mol. The van der Waals surface area contributed by atoms with E-state index in [0.29, 0.717) is 36.1 Å². The van der Waals surface area contributed by atoms with Gasteiger partial charge in [0.15, 0.2) is 36.1 Å². The fourth-order valence-electron chi connectivity index (χ4n) is 9.25. The molecule has 4 aromatic rings. The molecule has 0 aromatic heterocycles. The van der Waals surface area contributed by atoms with Crippen LogP contribution in [0.2, 0.25) is 0 Å². The van der Waals surface area contributed by atoms with Crippen molar-refractivity contribution in [3.05, 3.63) is 130 Å². The summed E-state index contributed by atoms with van der Waals surface area (Å²) >= 11 is 5.77. The number of ether oxygens (including phenoxy) is 9. The summed E-state index contributed by atoms with van der Waals surface area (Å²) in [5.41, 5.74) is 6.95. The van der Waals surface area contributed by atoms with Gasteiger partial charge in [-0.3, -0.25) is 24.1 Å². The lowest BCUT2D eigenvalue weighted by Crippen LogP contribution is -2.62. The van der Waals surface area contributed by atoms with E-state index in [2.05, 4.69) is 34.5 Å². The second-order valence-electron chi connectivity index (χ2n) is 17.3. The Morgan fingerprint density at radius 3 is 1.88 bits per heavy atom. The van der Waals surface area contributed by atoms with Gasteiger partial charge in [0.05, 0.1) is 38.0 Å². The van der Waals surface area contributed by atoms with Crippen molar-refractivity contribution < 1.29 is 66.9 Å². The summed E-state index contributed by atoms with van der Waals surface area (Å²) in [7, 11) is 3.30. The summed E-state index contributed by atoms with van der Waals surface area (Å²) < 4.78 is 53.5. The maximum absolute atomic E-state index is 12.4. The van der Waals surface area contributed by atoms with Gasteiger partial charge in [-0.15, -0.1) is 0 Å². The van der Waals surface area contributed by atoms with Crippen molar-refractivity contribution in [2.24, 2.45) is 0 Å². The van der Waals surface area contributed by atoms with Gasteiger partial charge in [0, 0.05) is 71.8 Å². The highest BCUT2D eigenvalue weighted by Crippen LogP contribution is 2.47. The molecular formula is C52H60N2O14S. The van der Waals surface area contributed by atoms with E-state index < -0.39 is 66.8 Å². The number of aliphatic hydroxyl groups is 1. The number of benzene rings is 4. The van der Waals surface area contributed by atoms with E-state index in [-0.39, 0.29) is 31.7 Å². The van der Waals surface area contributed by atoms with Crippen molar-refractivity contribution in [2.45, 2.75) is 115 Å².